The van der Waals surface area contributed by atoms with Crippen molar-refractivity contribution in [3.63, 3.8) is 0 Å². The van der Waals surface area contributed by atoms with Crippen LogP contribution < -0.4 is 5.32 Å². The second kappa shape index (κ2) is 5.55. The molecule has 0 aliphatic carbocycles. The molecule has 1 N–H and O–H groups in total. The molecule has 0 fully saturated rings. The van der Waals surface area contributed by atoms with Crippen molar-refractivity contribution in [1.82, 2.24) is 15.3 Å². The van der Waals surface area contributed by atoms with E-state index in [-0.39, 0.29) is 5.91 Å². The van der Waals surface area contributed by atoms with Gasteiger partial charge in [-0.3, -0.25) is 9.78 Å². The molecule has 0 radical (unpaired) electrons. The number of thiazole rings is 1. The van der Waals surface area contributed by atoms with Crippen molar-refractivity contribution in [2.75, 3.05) is 6.54 Å². The first-order chi connectivity index (χ1) is 8.72. The molecule has 0 spiro atoms. The van der Waals surface area contributed by atoms with Crippen LogP contribution in [0.25, 0.3) is 10.7 Å². The minimum absolute atomic E-state index is 0.118. The lowest BCUT2D eigenvalue weighted by atomic mass is 10.3. The van der Waals surface area contributed by atoms with Crippen LogP contribution >= 0.6 is 11.3 Å². The second-order valence-electron chi connectivity index (χ2n) is 3.65. The third kappa shape index (κ3) is 2.62. The summed E-state index contributed by atoms with van der Waals surface area (Å²) in [6.07, 6.45) is 3.36. The largest absolute Gasteiger partial charge is 0.348 e. The van der Waals surface area contributed by atoms with Crippen molar-refractivity contribution in [1.29, 1.82) is 0 Å². The zero-order valence-electron chi connectivity index (χ0n) is 10.0. The highest BCUT2D eigenvalue weighted by molar-refractivity contribution is 7.17. The smallest absolute Gasteiger partial charge is 0.263 e. The van der Waals surface area contributed by atoms with E-state index in [0.29, 0.717) is 11.4 Å². The van der Waals surface area contributed by atoms with E-state index in [4.69, 9.17) is 0 Å². The Morgan fingerprint density at radius 2 is 2.39 bits per heavy atom. The summed E-state index contributed by atoms with van der Waals surface area (Å²) in [6, 6.07) is 5.63. The topological polar surface area (TPSA) is 54.9 Å². The molecule has 0 atom stereocenters. The Kier molecular flexibility index (Phi) is 3.84. The highest BCUT2D eigenvalue weighted by Crippen LogP contribution is 2.26. The van der Waals surface area contributed by atoms with E-state index < -0.39 is 0 Å². The van der Waals surface area contributed by atoms with E-state index in [2.05, 4.69) is 21.9 Å². The van der Waals surface area contributed by atoms with Gasteiger partial charge in [0.1, 0.15) is 9.88 Å². The number of hydrogen-bond acceptors (Lipinski definition) is 4. The third-order valence-corrected chi connectivity index (χ3v) is 3.47. The van der Waals surface area contributed by atoms with E-state index in [1.807, 2.05) is 25.1 Å². The molecule has 0 saturated carbocycles. The van der Waals surface area contributed by atoms with Gasteiger partial charge in [-0.2, -0.15) is 0 Å². The zero-order chi connectivity index (χ0) is 13.0. The molecule has 5 heteroatoms. The fourth-order valence-electron chi connectivity index (χ4n) is 1.45. The van der Waals surface area contributed by atoms with Crippen molar-refractivity contribution >= 4 is 17.2 Å². The number of aromatic nitrogens is 2. The molecular formula is C13H13N3OS. The molecule has 0 bridgehead atoms. The van der Waals surface area contributed by atoms with E-state index in [0.717, 1.165) is 16.4 Å². The molecule has 0 aromatic carbocycles. The fourth-order valence-corrected chi connectivity index (χ4v) is 2.41. The van der Waals surface area contributed by atoms with Crippen LogP contribution in [0.4, 0.5) is 0 Å². The average Bonchev–Trinajstić information content (AvgIpc) is 2.79. The Hall–Kier alpha value is -2.01. The molecular weight excluding hydrogens is 246 g/mol. The van der Waals surface area contributed by atoms with Gasteiger partial charge >= 0.3 is 0 Å². The Labute approximate surface area is 109 Å². The van der Waals surface area contributed by atoms with Gasteiger partial charge in [-0.15, -0.1) is 17.9 Å². The molecule has 0 aliphatic heterocycles. The van der Waals surface area contributed by atoms with Crippen molar-refractivity contribution < 1.29 is 4.79 Å². The molecule has 1 amide bonds. The van der Waals surface area contributed by atoms with Crippen LogP contribution in [-0.2, 0) is 0 Å². The summed E-state index contributed by atoms with van der Waals surface area (Å²) < 4.78 is 0. The molecule has 0 saturated heterocycles. The quantitative estimate of drug-likeness (QED) is 0.858. The van der Waals surface area contributed by atoms with Gasteiger partial charge in [0, 0.05) is 12.7 Å². The maximum absolute atomic E-state index is 11.9. The van der Waals surface area contributed by atoms with Crippen LogP contribution in [0.1, 0.15) is 15.4 Å². The summed E-state index contributed by atoms with van der Waals surface area (Å²) in [4.78, 5) is 21.1. The SMILES string of the molecule is C=CCNC(=O)c1sc(-c2ccccn2)nc1C. The monoisotopic (exact) mass is 259 g/mol. The van der Waals surface area contributed by atoms with Crippen molar-refractivity contribution in [2.24, 2.45) is 0 Å². The lowest BCUT2D eigenvalue weighted by Crippen LogP contribution is -2.22. The number of nitrogens with one attached hydrogen (secondary N) is 1. The maximum Gasteiger partial charge on any atom is 0.263 e. The first-order valence-electron chi connectivity index (χ1n) is 5.50. The highest BCUT2D eigenvalue weighted by Gasteiger charge is 2.15. The van der Waals surface area contributed by atoms with E-state index in [1.54, 1.807) is 12.3 Å². The van der Waals surface area contributed by atoms with Crippen LogP contribution in [0.3, 0.4) is 0 Å². The van der Waals surface area contributed by atoms with Crippen molar-refractivity contribution in [3.8, 4) is 10.7 Å². The Morgan fingerprint density at radius 3 is 3.06 bits per heavy atom. The normalized spacial score (nSPS) is 10.1. The molecule has 2 heterocycles. The van der Waals surface area contributed by atoms with Crippen LogP contribution in [-0.4, -0.2) is 22.4 Å². The van der Waals surface area contributed by atoms with Gasteiger partial charge in [-0.25, -0.2) is 4.98 Å². The molecule has 92 valence electrons. The van der Waals surface area contributed by atoms with Gasteiger partial charge in [-0.05, 0) is 19.1 Å². The second-order valence-corrected chi connectivity index (χ2v) is 4.65. The molecule has 0 aliphatic rings. The third-order valence-electron chi connectivity index (χ3n) is 2.29. The predicted octanol–water partition coefficient (Wildman–Crippen LogP) is 2.43. The van der Waals surface area contributed by atoms with E-state index >= 15 is 0 Å². The molecule has 2 aromatic heterocycles. The Morgan fingerprint density at radius 1 is 1.56 bits per heavy atom. The van der Waals surface area contributed by atoms with E-state index in [1.165, 1.54) is 11.3 Å². The number of hydrogen-bond donors (Lipinski definition) is 1. The number of rotatable bonds is 4. The van der Waals surface area contributed by atoms with Gasteiger partial charge in [0.15, 0.2) is 0 Å². The summed E-state index contributed by atoms with van der Waals surface area (Å²) >= 11 is 1.35. The van der Waals surface area contributed by atoms with Crippen molar-refractivity contribution in [2.45, 2.75) is 6.92 Å². The standard InChI is InChI=1S/C13H13N3OS/c1-3-7-15-12(17)11-9(2)16-13(18-11)10-6-4-5-8-14-10/h3-6,8H,1,7H2,2H3,(H,15,17). The zero-order valence-corrected chi connectivity index (χ0v) is 10.8. The maximum atomic E-state index is 11.9. The van der Waals surface area contributed by atoms with Gasteiger partial charge < -0.3 is 5.32 Å². The summed E-state index contributed by atoms with van der Waals surface area (Å²) in [6.45, 7) is 5.84. The highest BCUT2D eigenvalue weighted by atomic mass is 32.1. The van der Waals surface area contributed by atoms with Gasteiger partial charge in [0.2, 0.25) is 0 Å². The van der Waals surface area contributed by atoms with Gasteiger partial charge in [-0.1, -0.05) is 12.1 Å². The summed E-state index contributed by atoms with van der Waals surface area (Å²) in [7, 11) is 0. The van der Waals surface area contributed by atoms with Gasteiger partial charge in [0.05, 0.1) is 11.4 Å². The molecule has 18 heavy (non-hydrogen) atoms. The number of amides is 1. The predicted molar refractivity (Wildman–Crippen MR) is 72.6 cm³/mol. The molecule has 4 nitrogen and oxygen atoms in total. The number of carbonyl (C=O) groups is 1. The summed E-state index contributed by atoms with van der Waals surface area (Å²) in [5.74, 6) is -0.118. The summed E-state index contributed by atoms with van der Waals surface area (Å²) in [5.41, 5.74) is 1.51. The van der Waals surface area contributed by atoms with Gasteiger partial charge in [0.25, 0.3) is 5.91 Å². The number of carbonyl (C=O) groups excluding carboxylic acids is 1. The van der Waals surface area contributed by atoms with Crippen LogP contribution in [0, 0.1) is 6.92 Å². The minimum Gasteiger partial charge on any atom is -0.348 e. The lowest BCUT2D eigenvalue weighted by Gasteiger charge is -1.98. The Balaban J connectivity index is 2.27. The molecule has 0 unspecified atom stereocenters. The first kappa shape index (κ1) is 12.4. The van der Waals surface area contributed by atoms with Crippen molar-refractivity contribution in [3.05, 3.63) is 47.6 Å². The fraction of sp³-hybridized carbons (Fsp3) is 0.154. The molecule has 2 rings (SSSR count). The number of pyridine rings is 1. The lowest BCUT2D eigenvalue weighted by molar-refractivity contribution is 0.0961. The first-order valence-corrected chi connectivity index (χ1v) is 6.32. The molecule has 2 aromatic rings. The number of nitrogens with zero attached hydrogens (tertiary/aromatic N) is 2. The number of aryl methyl sites for hydroxylation is 1. The van der Waals surface area contributed by atoms with Crippen LogP contribution in [0.5, 0.6) is 0 Å². The minimum atomic E-state index is -0.118. The average molecular weight is 259 g/mol. The Bertz CT molecular complexity index is 563. The summed E-state index contributed by atoms with van der Waals surface area (Å²) in [5, 5.41) is 3.51. The van der Waals surface area contributed by atoms with E-state index in [9.17, 15) is 4.79 Å². The van der Waals surface area contributed by atoms with Crippen LogP contribution in [0.15, 0.2) is 37.1 Å². The van der Waals surface area contributed by atoms with Crippen LogP contribution in [0.2, 0.25) is 0 Å².